The Morgan fingerprint density at radius 3 is 2.53 bits per heavy atom. The van der Waals surface area contributed by atoms with Crippen molar-refractivity contribution in [3.05, 3.63) is 59.4 Å². The molecule has 0 radical (unpaired) electrons. The molecule has 1 aromatic carbocycles. The van der Waals surface area contributed by atoms with Crippen molar-refractivity contribution >= 4 is 0 Å². The third-order valence-corrected chi connectivity index (χ3v) is 3.21. The van der Waals surface area contributed by atoms with Crippen LogP contribution in [0.3, 0.4) is 0 Å². The van der Waals surface area contributed by atoms with Crippen LogP contribution in [0.25, 0.3) is 0 Å². The minimum absolute atomic E-state index is 0.397. The van der Waals surface area contributed by atoms with Crippen LogP contribution < -0.4 is 4.74 Å². The van der Waals surface area contributed by atoms with Gasteiger partial charge in [0.1, 0.15) is 11.9 Å². The van der Waals surface area contributed by atoms with E-state index in [0.717, 1.165) is 29.8 Å². The highest BCUT2D eigenvalue weighted by molar-refractivity contribution is 5.32. The molecule has 1 unspecified atom stereocenters. The van der Waals surface area contributed by atoms with E-state index in [1.807, 2.05) is 49.4 Å². The van der Waals surface area contributed by atoms with Gasteiger partial charge in [-0.05, 0) is 49.6 Å². The topological polar surface area (TPSA) is 42.4 Å². The fourth-order valence-electron chi connectivity index (χ4n) is 1.99. The van der Waals surface area contributed by atoms with E-state index in [1.54, 1.807) is 0 Å². The lowest BCUT2D eigenvalue weighted by Crippen LogP contribution is -2.03. The SMILES string of the molecule is Cc1cccc(C(O)c2ccc(OC3CC3)cc2)n1. The Morgan fingerprint density at radius 2 is 1.89 bits per heavy atom. The summed E-state index contributed by atoms with van der Waals surface area (Å²) in [5.41, 5.74) is 2.42. The van der Waals surface area contributed by atoms with Gasteiger partial charge in [0, 0.05) is 5.69 Å². The first-order valence-electron chi connectivity index (χ1n) is 6.60. The number of hydrogen-bond donors (Lipinski definition) is 1. The average Bonchev–Trinajstić information content (AvgIpc) is 3.23. The summed E-state index contributed by atoms with van der Waals surface area (Å²) in [6, 6.07) is 13.3. The Bertz CT molecular complexity index is 561. The van der Waals surface area contributed by atoms with Crippen molar-refractivity contribution in [1.29, 1.82) is 0 Å². The van der Waals surface area contributed by atoms with E-state index < -0.39 is 6.10 Å². The van der Waals surface area contributed by atoms with Crippen LogP contribution in [0.5, 0.6) is 5.75 Å². The molecule has 1 atom stereocenters. The zero-order chi connectivity index (χ0) is 13.2. The van der Waals surface area contributed by atoms with Crippen molar-refractivity contribution in [3.63, 3.8) is 0 Å². The van der Waals surface area contributed by atoms with E-state index >= 15 is 0 Å². The first kappa shape index (κ1) is 12.2. The van der Waals surface area contributed by atoms with Crippen molar-refractivity contribution in [2.24, 2.45) is 0 Å². The van der Waals surface area contributed by atoms with Crippen LogP contribution in [0.1, 0.15) is 35.9 Å². The standard InChI is InChI=1S/C16H17NO2/c1-11-3-2-4-15(17-11)16(18)12-5-7-13(8-6-12)19-14-9-10-14/h2-8,14,16,18H,9-10H2,1H3. The van der Waals surface area contributed by atoms with Crippen molar-refractivity contribution in [2.45, 2.75) is 32.0 Å². The maximum atomic E-state index is 10.3. The molecule has 2 aromatic rings. The van der Waals surface area contributed by atoms with Crippen LogP contribution in [0.15, 0.2) is 42.5 Å². The van der Waals surface area contributed by atoms with Gasteiger partial charge in [0.05, 0.1) is 11.8 Å². The Hall–Kier alpha value is -1.87. The molecule has 3 heteroatoms. The maximum Gasteiger partial charge on any atom is 0.121 e. The van der Waals surface area contributed by atoms with Gasteiger partial charge >= 0.3 is 0 Å². The summed E-state index contributed by atoms with van der Waals surface area (Å²) < 4.78 is 5.69. The van der Waals surface area contributed by atoms with E-state index in [0.29, 0.717) is 11.8 Å². The largest absolute Gasteiger partial charge is 0.490 e. The highest BCUT2D eigenvalue weighted by atomic mass is 16.5. The number of nitrogens with zero attached hydrogens (tertiary/aromatic N) is 1. The lowest BCUT2D eigenvalue weighted by Gasteiger charge is -2.12. The molecule has 0 spiro atoms. The predicted octanol–water partition coefficient (Wildman–Crippen LogP) is 3.01. The number of hydrogen-bond acceptors (Lipinski definition) is 3. The molecule has 1 aromatic heterocycles. The number of pyridine rings is 1. The quantitative estimate of drug-likeness (QED) is 0.913. The van der Waals surface area contributed by atoms with E-state index in [2.05, 4.69) is 4.98 Å². The monoisotopic (exact) mass is 255 g/mol. The van der Waals surface area contributed by atoms with Gasteiger partial charge in [-0.15, -0.1) is 0 Å². The van der Waals surface area contributed by atoms with Gasteiger partial charge in [0.15, 0.2) is 0 Å². The second-order valence-corrected chi connectivity index (χ2v) is 4.99. The molecule has 19 heavy (non-hydrogen) atoms. The first-order valence-corrected chi connectivity index (χ1v) is 6.60. The number of aliphatic hydroxyl groups excluding tert-OH is 1. The molecule has 0 saturated heterocycles. The Labute approximate surface area is 112 Å². The van der Waals surface area contributed by atoms with Crippen LogP contribution >= 0.6 is 0 Å². The summed E-state index contributed by atoms with van der Waals surface area (Å²) >= 11 is 0. The summed E-state index contributed by atoms with van der Waals surface area (Å²) in [7, 11) is 0. The Morgan fingerprint density at radius 1 is 1.16 bits per heavy atom. The van der Waals surface area contributed by atoms with E-state index in [9.17, 15) is 5.11 Å². The zero-order valence-corrected chi connectivity index (χ0v) is 10.9. The lowest BCUT2D eigenvalue weighted by atomic mass is 10.1. The number of ether oxygens (including phenoxy) is 1. The molecule has 1 N–H and O–H groups in total. The molecule has 0 amide bonds. The molecule has 1 saturated carbocycles. The van der Waals surface area contributed by atoms with Gasteiger partial charge in [0.25, 0.3) is 0 Å². The highest BCUT2D eigenvalue weighted by Gasteiger charge is 2.23. The summed E-state index contributed by atoms with van der Waals surface area (Å²) in [6.07, 6.45) is 2.01. The predicted molar refractivity (Wildman–Crippen MR) is 73.1 cm³/mol. The number of aromatic nitrogens is 1. The highest BCUT2D eigenvalue weighted by Crippen LogP contribution is 2.28. The maximum absolute atomic E-state index is 10.3. The Kier molecular flexibility index (Phi) is 3.22. The molecule has 98 valence electrons. The molecule has 1 fully saturated rings. The summed E-state index contributed by atoms with van der Waals surface area (Å²) in [5, 5.41) is 10.3. The Balaban J connectivity index is 1.77. The second-order valence-electron chi connectivity index (χ2n) is 4.99. The molecule has 3 nitrogen and oxygen atoms in total. The van der Waals surface area contributed by atoms with Gasteiger partial charge in [0.2, 0.25) is 0 Å². The molecule has 1 aliphatic rings. The van der Waals surface area contributed by atoms with Crippen molar-refractivity contribution in [1.82, 2.24) is 4.98 Å². The third-order valence-electron chi connectivity index (χ3n) is 3.21. The van der Waals surface area contributed by atoms with Crippen LogP contribution in [0, 0.1) is 6.92 Å². The minimum atomic E-state index is -0.685. The average molecular weight is 255 g/mol. The number of aliphatic hydroxyl groups is 1. The van der Waals surface area contributed by atoms with Crippen molar-refractivity contribution in [3.8, 4) is 5.75 Å². The molecule has 3 rings (SSSR count). The van der Waals surface area contributed by atoms with E-state index in [-0.39, 0.29) is 0 Å². The van der Waals surface area contributed by atoms with Crippen LogP contribution in [-0.2, 0) is 0 Å². The normalized spacial score (nSPS) is 16.1. The van der Waals surface area contributed by atoms with Gasteiger partial charge in [-0.25, -0.2) is 0 Å². The van der Waals surface area contributed by atoms with Crippen LogP contribution in [-0.4, -0.2) is 16.2 Å². The summed E-state index contributed by atoms with van der Waals surface area (Å²) in [5.74, 6) is 0.871. The minimum Gasteiger partial charge on any atom is -0.490 e. The fraction of sp³-hybridized carbons (Fsp3) is 0.312. The van der Waals surface area contributed by atoms with Gasteiger partial charge in [-0.2, -0.15) is 0 Å². The number of aryl methyl sites for hydroxylation is 1. The van der Waals surface area contributed by atoms with E-state index in [1.165, 1.54) is 0 Å². The first-order chi connectivity index (χ1) is 9.22. The zero-order valence-electron chi connectivity index (χ0n) is 10.9. The molecule has 0 bridgehead atoms. The van der Waals surface area contributed by atoms with E-state index in [4.69, 9.17) is 4.74 Å². The van der Waals surface area contributed by atoms with Gasteiger partial charge in [-0.3, -0.25) is 4.98 Å². The molecule has 1 aliphatic carbocycles. The van der Waals surface area contributed by atoms with Gasteiger partial charge < -0.3 is 9.84 Å². The molecule has 1 heterocycles. The number of rotatable bonds is 4. The number of benzene rings is 1. The fourth-order valence-corrected chi connectivity index (χ4v) is 1.99. The molecular formula is C16H17NO2. The second kappa shape index (κ2) is 5.02. The van der Waals surface area contributed by atoms with Crippen LogP contribution in [0.4, 0.5) is 0 Å². The van der Waals surface area contributed by atoms with Crippen molar-refractivity contribution < 1.29 is 9.84 Å². The smallest absolute Gasteiger partial charge is 0.121 e. The summed E-state index contributed by atoms with van der Waals surface area (Å²) in [4.78, 5) is 4.35. The van der Waals surface area contributed by atoms with Gasteiger partial charge in [-0.1, -0.05) is 18.2 Å². The van der Waals surface area contributed by atoms with Crippen molar-refractivity contribution in [2.75, 3.05) is 0 Å². The van der Waals surface area contributed by atoms with Crippen LogP contribution in [0.2, 0.25) is 0 Å². The molecule has 0 aliphatic heterocycles. The molecular weight excluding hydrogens is 238 g/mol. The third kappa shape index (κ3) is 2.93. The lowest BCUT2D eigenvalue weighted by molar-refractivity contribution is 0.215. The summed E-state index contributed by atoms with van der Waals surface area (Å²) in [6.45, 7) is 1.92.